The van der Waals surface area contributed by atoms with Gasteiger partial charge in [-0.05, 0) is 18.8 Å². The maximum Gasteiger partial charge on any atom is 0.197 e. The normalized spacial score (nSPS) is 24.9. The summed E-state index contributed by atoms with van der Waals surface area (Å²) in [4.78, 5) is 8.04. The summed E-state index contributed by atoms with van der Waals surface area (Å²) in [5, 5.41) is -0.336. The molecule has 1 aliphatic rings. The number of rotatable bonds is 2. The van der Waals surface area contributed by atoms with Crippen molar-refractivity contribution in [1.82, 2.24) is 9.97 Å². The minimum Gasteiger partial charge on any atom is -0.218 e. The minimum atomic E-state index is -0.722. The van der Waals surface area contributed by atoms with Crippen molar-refractivity contribution in [2.75, 3.05) is 0 Å². The van der Waals surface area contributed by atoms with Gasteiger partial charge in [-0.25, -0.2) is 14.4 Å². The fourth-order valence-electron chi connectivity index (χ4n) is 2.49. The van der Waals surface area contributed by atoms with Gasteiger partial charge in [-0.15, -0.1) is 0 Å². The second kappa shape index (κ2) is 5.49. The summed E-state index contributed by atoms with van der Waals surface area (Å²) in [5.74, 6) is 0.851. The van der Waals surface area contributed by atoms with Crippen LogP contribution in [-0.4, -0.2) is 9.97 Å². The van der Waals surface area contributed by atoms with Crippen LogP contribution >= 0.6 is 23.2 Å². The van der Waals surface area contributed by atoms with Crippen LogP contribution in [0.5, 0.6) is 0 Å². The van der Waals surface area contributed by atoms with Crippen molar-refractivity contribution >= 4 is 23.2 Å². The van der Waals surface area contributed by atoms with Crippen molar-refractivity contribution in [1.29, 1.82) is 0 Å². The van der Waals surface area contributed by atoms with Crippen molar-refractivity contribution in [3.05, 3.63) is 21.9 Å². The van der Waals surface area contributed by atoms with E-state index in [1.807, 2.05) is 0 Å². The molecule has 5 heteroatoms. The van der Waals surface area contributed by atoms with Crippen LogP contribution in [0.3, 0.4) is 0 Å². The Morgan fingerprint density at radius 2 is 1.88 bits per heavy atom. The second-order valence-electron chi connectivity index (χ2n) is 4.62. The smallest absolute Gasteiger partial charge is 0.197 e. The molecule has 17 heavy (non-hydrogen) atoms. The fourth-order valence-corrected chi connectivity index (χ4v) is 2.89. The van der Waals surface area contributed by atoms with Crippen molar-refractivity contribution in [2.24, 2.45) is 5.92 Å². The molecule has 1 aromatic rings. The first kappa shape index (κ1) is 13.0. The minimum absolute atomic E-state index is 0.168. The first-order valence-corrected chi connectivity index (χ1v) is 6.75. The Labute approximate surface area is 111 Å². The van der Waals surface area contributed by atoms with E-state index in [4.69, 9.17) is 23.2 Å². The fraction of sp³-hybridized carbons (Fsp3) is 0.667. The van der Waals surface area contributed by atoms with Crippen molar-refractivity contribution in [3.8, 4) is 0 Å². The quantitative estimate of drug-likeness (QED) is 0.738. The van der Waals surface area contributed by atoms with Crippen LogP contribution in [0, 0.1) is 11.7 Å². The van der Waals surface area contributed by atoms with Crippen molar-refractivity contribution < 1.29 is 4.39 Å². The van der Waals surface area contributed by atoms with E-state index in [1.54, 1.807) is 0 Å². The predicted molar refractivity (Wildman–Crippen MR) is 67.0 cm³/mol. The third kappa shape index (κ3) is 2.89. The molecule has 2 atom stereocenters. The molecule has 1 saturated carbocycles. The molecule has 0 amide bonds. The lowest BCUT2D eigenvalue weighted by Gasteiger charge is -2.27. The highest BCUT2D eigenvalue weighted by Gasteiger charge is 2.25. The molecule has 0 radical (unpaired) electrons. The average Bonchev–Trinajstić information content (AvgIpc) is 2.35. The zero-order valence-corrected chi connectivity index (χ0v) is 11.2. The topological polar surface area (TPSA) is 25.8 Å². The first-order valence-electron chi connectivity index (χ1n) is 6.00. The van der Waals surface area contributed by atoms with Crippen LogP contribution in [0.1, 0.15) is 50.8 Å². The number of halogens is 3. The molecule has 0 aliphatic heterocycles. The van der Waals surface area contributed by atoms with E-state index in [0.29, 0.717) is 11.7 Å². The molecule has 0 N–H and O–H groups in total. The second-order valence-corrected chi connectivity index (χ2v) is 5.33. The van der Waals surface area contributed by atoms with Gasteiger partial charge in [0, 0.05) is 5.92 Å². The van der Waals surface area contributed by atoms with Gasteiger partial charge < -0.3 is 0 Å². The van der Waals surface area contributed by atoms with E-state index in [0.717, 1.165) is 12.8 Å². The highest BCUT2D eigenvalue weighted by Crippen LogP contribution is 2.37. The molecule has 0 spiro atoms. The summed E-state index contributed by atoms with van der Waals surface area (Å²) in [6, 6.07) is 0. The molecule has 0 saturated heterocycles. The summed E-state index contributed by atoms with van der Waals surface area (Å²) < 4.78 is 13.2. The van der Waals surface area contributed by atoms with Gasteiger partial charge in [-0.2, -0.15) is 0 Å². The molecule has 2 nitrogen and oxygen atoms in total. The zero-order chi connectivity index (χ0) is 12.4. The Balaban J connectivity index is 2.22. The highest BCUT2D eigenvalue weighted by atomic mass is 35.5. The van der Waals surface area contributed by atoms with Crippen LogP contribution in [0.15, 0.2) is 0 Å². The van der Waals surface area contributed by atoms with Gasteiger partial charge in [0.25, 0.3) is 0 Å². The summed E-state index contributed by atoms with van der Waals surface area (Å²) in [5.41, 5.74) is 0. The van der Waals surface area contributed by atoms with Crippen LogP contribution < -0.4 is 0 Å². The van der Waals surface area contributed by atoms with Gasteiger partial charge in [0.05, 0.1) is 0 Å². The van der Waals surface area contributed by atoms with E-state index in [1.165, 1.54) is 19.3 Å². The van der Waals surface area contributed by atoms with Crippen molar-refractivity contribution in [2.45, 2.75) is 44.9 Å². The summed E-state index contributed by atoms with van der Waals surface area (Å²) in [7, 11) is 0. The third-order valence-corrected chi connectivity index (χ3v) is 4.01. The predicted octanol–water partition coefficient (Wildman–Crippen LogP) is 4.61. The molecule has 0 bridgehead atoms. The van der Waals surface area contributed by atoms with Crippen LogP contribution in [0.4, 0.5) is 4.39 Å². The largest absolute Gasteiger partial charge is 0.218 e. The molecule has 1 aliphatic carbocycles. The molecule has 2 rings (SSSR count). The Bertz CT molecular complexity index is 388. The monoisotopic (exact) mass is 276 g/mol. The number of hydrogen-bond acceptors (Lipinski definition) is 2. The van der Waals surface area contributed by atoms with E-state index < -0.39 is 5.82 Å². The first-order chi connectivity index (χ1) is 8.11. The highest BCUT2D eigenvalue weighted by molar-refractivity contribution is 6.33. The molecule has 2 unspecified atom stereocenters. The van der Waals surface area contributed by atoms with Gasteiger partial charge in [-0.3, -0.25) is 0 Å². The SMILES string of the molecule is CCC1CCCC(c2nc(Cl)c(F)c(Cl)n2)C1. The van der Waals surface area contributed by atoms with Crippen LogP contribution in [0.2, 0.25) is 10.3 Å². The van der Waals surface area contributed by atoms with Crippen LogP contribution in [-0.2, 0) is 0 Å². The lowest BCUT2D eigenvalue weighted by molar-refractivity contribution is 0.306. The summed E-state index contributed by atoms with van der Waals surface area (Å²) >= 11 is 11.4. The molecule has 0 aromatic carbocycles. The molecular weight excluding hydrogens is 262 g/mol. The van der Waals surface area contributed by atoms with Gasteiger partial charge in [0.2, 0.25) is 0 Å². The van der Waals surface area contributed by atoms with E-state index in [9.17, 15) is 4.39 Å². The Morgan fingerprint density at radius 3 is 2.47 bits per heavy atom. The molecular formula is C12H15Cl2FN2. The lowest BCUT2D eigenvalue weighted by Crippen LogP contribution is -2.16. The van der Waals surface area contributed by atoms with E-state index in [-0.39, 0.29) is 16.2 Å². The van der Waals surface area contributed by atoms with Gasteiger partial charge in [0.15, 0.2) is 16.1 Å². The van der Waals surface area contributed by atoms with Crippen molar-refractivity contribution in [3.63, 3.8) is 0 Å². The number of aromatic nitrogens is 2. The molecule has 94 valence electrons. The molecule has 1 aromatic heterocycles. The zero-order valence-electron chi connectivity index (χ0n) is 9.72. The van der Waals surface area contributed by atoms with Gasteiger partial charge >= 0.3 is 0 Å². The molecule has 1 fully saturated rings. The Kier molecular flexibility index (Phi) is 4.21. The van der Waals surface area contributed by atoms with Crippen LogP contribution in [0.25, 0.3) is 0 Å². The molecule has 1 heterocycles. The maximum absolute atomic E-state index is 13.2. The Hall–Kier alpha value is -0.410. The summed E-state index contributed by atoms with van der Waals surface area (Å²) in [6.45, 7) is 2.19. The van der Waals surface area contributed by atoms with Gasteiger partial charge in [0.1, 0.15) is 5.82 Å². The third-order valence-electron chi connectivity index (χ3n) is 3.51. The lowest BCUT2D eigenvalue weighted by atomic mass is 9.80. The maximum atomic E-state index is 13.2. The average molecular weight is 277 g/mol. The van der Waals surface area contributed by atoms with E-state index in [2.05, 4.69) is 16.9 Å². The Morgan fingerprint density at radius 1 is 1.24 bits per heavy atom. The van der Waals surface area contributed by atoms with E-state index >= 15 is 0 Å². The number of hydrogen-bond donors (Lipinski definition) is 0. The summed E-state index contributed by atoms with van der Waals surface area (Å²) in [6.07, 6.45) is 5.68. The number of nitrogens with zero attached hydrogens (tertiary/aromatic N) is 2. The van der Waals surface area contributed by atoms with Gasteiger partial charge in [-0.1, -0.05) is 49.4 Å². The standard InChI is InChI=1S/C12H15Cl2FN2/c1-2-7-4-3-5-8(6-7)12-16-10(13)9(15)11(14)17-12/h7-8H,2-6H2,1H3.